The zero-order valence-corrected chi connectivity index (χ0v) is 22.5. The maximum atomic E-state index is 15.3. The number of likely N-dealkylation sites (N-methyl/N-ethyl adjacent to an activating group) is 1. The van der Waals surface area contributed by atoms with Gasteiger partial charge >= 0.3 is 0 Å². The average Bonchev–Trinajstić information content (AvgIpc) is 2.90. The fourth-order valence-electron chi connectivity index (χ4n) is 4.92. The van der Waals surface area contributed by atoms with Crippen molar-refractivity contribution in [3.05, 3.63) is 66.0 Å². The molecule has 1 N–H and O–H groups in total. The van der Waals surface area contributed by atoms with Gasteiger partial charge in [0.2, 0.25) is 0 Å². The number of ether oxygens (including phenoxy) is 1. The van der Waals surface area contributed by atoms with Crippen molar-refractivity contribution >= 4 is 22.4 Å². The fraction of sp³-hybridized carbons (Fsp3) is 0.467. The Morgan fingerprint density at radius 2 is 1.97 bits per heavy atom. The summed E-state index contributed by atoms with van der Waals surface area (Å²) in [5, 5.41) is 4.05. The number of pyridine rings is 2. The number of anilines is 1. The highest BCUT2D eigenvalue weighted by Crippen LogP contribution is 2.32. The molecule has 192 valence electrons. The van der Waals surface area contributed by atoms with Crippen LogP contribution in [0.4, 0.5) is 10.2 Å². The molecular weight excluding hydrogens is 451 g/mol. The van der Waals surface area contributed by atoms with E-state index in [9.17, 15) is 0 Å². The number of nitrogens with zero attached hydrogens (tertiary/aromatic N) is 3. The highest BCUT2D eigenvalue weighted by atomic mass is 19.1. The van der Waals surface area contributed by atoms with Gasteiger partial charge in [-0.2, -0.15) is 4.57 Å². The van der Waals surface area contributed by atoms with Gasteiger partial charge in [-0.1, -0.05) is 44.5 Å². The molecule has 5 nitrogen and oxygen atoms in total. The summed E-state index contributed by atoms with van der Waals surface area (Å²) in [7, 11) is 3.97. The lowest BCUT2D eigenvalue weighted by molar-refractivity contribution is -0.568. The molecule has 3 heterocycles. The van der Waals surface area contributed by atoms with Gasteiger partial charge in [-0.05, 0) is 64.4 Å². The minimum absolute atomic E-state index is 0.241. The summed E-state index contributed by atoms with van der Waals surface area (Å²) in [6, 6.07) is 16.6. The van der Waals surface area contributed by atoms with Crippen LogP contribution in [0.25, 0.3) is 16.6 Å². The molecular formula is C30H40FN4O+. The van der Waals surface area contributed by atoms with Crippen LogP contribution in [0.3, 0.4) is 0 Å². The first kappa shape index (κ1) is 26.1. The number of benzene rings is 1. The van der Waals surface area contributed by atoms with Crippen molar-refractivity contribution in [1.29, 1.82) is 0 Å². The molecule has 36 heavy (non-hydrogen) atoms. The second-order valence-electron chi connectivity index (χ2n) is 10.1. The molecule has 4 rings (SSSR count). The molecule has 0 radical (unpaired) electrons. The molecule has 1 aromatic carbocycles. The highest BCUT2D eigenvalue weighted by molar-refractivity contribution is 5.86. The van der Waals surface area contributed by atoms with Gasteiger partial charge in [-0.3, -0.25) is 4.90 Å². The number of alkyl halides is 1. The van der Waals surface area contributed by atoms with Crippen molar-refractivity contribution in [3.63, 3.8) is 0 Å². The third-order valence-electron chi connectivity index (χ3n) is 7.63. The van der Waals surface area contributed by atoms with E-state index in [0.29, 0.717) is 31.1 Å². The zero-order valence-electron chi connectivity index (χ0n) is 22.5. The summed E-state index contributed by atoms with van der Waals surface area (Å²) in [4.78, 5) is 7.40. The van der Waals surface area contributed by atoms with Crippen molar-refractivity contribution in [3.8, 4) is 5.75 Å². The number of fused-ring (bicyclic) bond motifs is 2. The number of rotatable bonds is 10. The molecule has 0 aliphatic carbocycles. The standard InChI is InChI=1S/C30H40FN4O/c1-7-20(2)19-27(24(31)16-17-32-5)36-26-12-10-11-23-14-15-25(33-29(23)26)30-21(3)22(4)34(6)28-13-8-9-18-35(28)30/h8-15,18,20,22,24,27,32H,7,16-17,19H2,1-6H3/q+1. The van der Waals surface area contributed by atoms with Crippen molar-refractivity contribution in [2.45, 2.75) is 65.3 Å². The van der Waals surface area contributed by atoms with E-state index in [4.69, 9.17) is 9.72 Å². The van der Waals surface area contributed by atoms with Crippen LogP contribution in [0.5, 0.6) is 5.75 Å². The van der Waals surface area contributed by atoms with Gasteiger partial charge in [0.25, 0.3) is 5.82 Å². The predicted molar refractivity (Wildman–Crippen MR) is 146 cm³/mol. The van der Waals surface area contributed by atoms with Gasteiger partial charge in [-0.25, -0.2) is 9.37 Å². The van der Waals surface area contributed by atoms with Crippen molar-refractivity contribution in [2.24, 2.45) is 5.92 Å². The van der Waals surface area contributed by atoms with Crippen molar-refractivity contribution in [1.82, 2.24) is 10.3 Å². The Bertz CT molecular complexity index is 1230. The topological polar surface area (TPSA) is 41.3 Å². The zero-order chi connectivity index (χ0) is 25.8. The molecule has 0 bridgehead atoms. The van der Waals surface area contributed by atoms with E-state index in [-0.39, 0.29) is 6.04 Å². The van der Waals surface area contributed by atoms with Crippen LogP contribution in [0, 0.1) is 5.92 Å². The number of hydrogen-bond donors (Lipinski definition) is 1. The van der Waals surface area contributed by atoms with Crippen LogP contribution in [0.15, 0.2) is 60.3 Å². The molecule has 4 atom stereocenters. The second kappa shape index (κ2) is 11.4. The second-order valence-corrected chi connectivity index (χ2v) is 10.1. The molecule has 0 spiro atoms. The van der Waals surface area contributed by atoms with E-state index in [1.54, 1.807) is 0 Å². The summed E-state index contributed by atoms with van der Waals surface area (Å²) in [5.41, 5.74) is 3.99. The van der Waals surface area contributed by atoms with E-state index in [1.165, 1.54) is 5.57 Å². The molecule has 0 saturated heterocycles. The van der Waals surface area contributed by atoms with Gasteiger partial charge in [0.1, 0.15) is 35.3 Å². The molecule has 1 aliphatic heterocycles. The normalized spacial score (nSPS) is 18.2. The van der Waals surface area contributed by atoms with Gasteiger partial charge in [-0.15, -0.1) is 0 Å². The maximum absolute atomic E-state index is 15.3. The van der Waals surface area contributed by atoms with E-state index in [0.717, 1.165) is 34.5 Å². The minimum atomic E-state index is -1.05. The first-order valence-electron chi connectivity index (χ1n) is 13.2. The smallest absolute Gasteiger partial charge is 0.282 e. The molecule has 2 aromatic heterocycles. The van der Waals surface area contributed by atoms with Gasteiger partial charge in [0.05, 0.1) is 13.2 Å². The number of hydrogen-bond acceptors (Lipinski definition) is 4. The molecule has 0 saturated carbocycles. The van der Waals surface area contributed by atoms with E-state index >= 15 is 4.39 Å². The van der Waals surface area contributed by atoms with Crippen LogP contribution < -0.4 is 19.5 Å². The van der Waals surface area contributed by atoms with Crippen molar-refractivity contribution in [2.75, 3.05) is 25.5 Å². The summed E-state index contributed by atoms with van der Waals surface area (Å²) < 4.78 is 23.9. The Kier molecular flexibility index (Phi) is 8.24. The van der Waals surface area contributed by atoms with Crippen LogP contribution in [-0.2, 0) is 0 Å². The summed E-state index contributed by atoms with van der Waals surface area (Å²) in [6.45, 7) is 9.31. The molecule has 1 aliphatic rings. The first-order valence-corrected chi connectivity index (χ1v) is 13.2. The number of aromatic nitrogens is 2. The average molecular weight is 492 g/mol. The molecule has 6 heteroatoms. The Morgan fingerprint density at radius 3 is 2.72 bits per heavy atom. The fourth-order valence-corrected chi connectivity index (χ4v) is 4.92. The van der Waals surface area contributed by atoms with Crippen LogP contribution in [0.2, 0.25) is 0 Å². The first-order chi connectivity index (χ1) is 17.3. The number of nitrogens with one attached hydrogen (secondary N) is 1. The van der Waals surface area contributed by atoms with Gasteiger partial charge < -0.3 is 10.1 Å². The molecule has 0 amide bonds. The SMILES string of the molecule is CCC(C)CC(Oc1cccc2ccc(C3=C(C)C(C)N(C)c4cccc[n+]43)nc12)C(F)CCNC. The lowest BCUT2D eigenvalue weighted by Crippen LogP contribution is -2.49. The molecule has 4 unspecified atom stereocenters. The van der Waals surface area contributed by atoms with Crippen LogP contribution in [0.1, 0.15) is 52.7 Å². The van der Waals surface area contributed by atoms with Crippen LogP contribution >= 0.6 is 0 Å². The number of halogens is 1. The Hall–Kier alpha value is -2.99. The minimum Gasteiger partial charge on any atom is -0.485 e. The quantitative estimate of drug-likeness (QED) is 0.366. The van der Waals surface area contributed by atoms with E-state index < -0.39 is 12.3 Å². The maximum Gasteiger partial charge on any atom is 0.282 e. The lowest BCUT2D eigenvalue weighted by atomic mass is 9.97. The van der Waals surface area contributed by atoms with Gasteiger partial charge in [0.15, 0.2) is 5.70 Å². The third-order valence-corrected chi connectivity index (χ3v) is 7.63. The number of para-hydroxylation sites is 1. The van der Waals surface area contributed by atoms with Crippen molar-refractivity contribution < 1.29 is 13.7 Å². The predicted octanol–water partition coefficient (Wildman–Crippen LogP) is 5.77. The highest BCUT2D eigenvalue weighted by Gasteiger charge is 2.34. The third kappa shape index (κ3) is 5.24. The Morgan fingerprint density at radius 1 is 1.17 bits per heavy atom. The van der Waals surface area contributed by atoms with E-state index in [1.807, 2.05) is 31.3 Å². The van der Waals surface area contributed by atoms with Gasteiger partial charge in [0, 0.05) is 17.0 Å². The van der Waals surface area contributed by atoms with Crippen LogP contribution in [-0.4, -0.2) is 43.9 Å². The van der Waals surface area contributed by atoms with E-state index in [2.05, 4.69) is 80.0 Å². The molecule has 3 aromatic rings. The summed E-state index contributed by atoms with van der Waals surface area (Å²) in [5.74, 6) is 2.14. The largest absolute Gasteiger partial charge is 0.485 e. The Labute approximate surface area is 215 Å². The Balaban J connectivity index is 1.76. The summed E-state index contributed by atoms with van der Waals surface area (Å²) >= 11 is 0. The summed E-state index contributed by atoms with van der Waals surface area (Å²) in [6.07, 6.45) is 2.62. The molecule has 0 fully saturated rings. The lowest BCUT2D eigenvalue weighted by Gasteiger charge is -2.29. The monoisotopic (exact) mass is 491 g/mol.